The number of halogens is 2. The van der Waals surface area contributed by atoms with Crippen LogP contribution in [0.25, 0.3) is 0 Å². The predicted molar refractivity (Wildman–Crippen MR) is 66.2 cm³/mol. The van der Waals surface area contributed by atoms with Crippen LogP contribution in [0.5, 0.6) is 0 Å². The van der Waals surface area contributed by atoms with Gasteiger partial charge in [-0.15, -0.1) is 0 Å². The minimum absolute atomic E-state index is 0.0718. The Morgan fingerprint density at radius 3 is 2.47 bits per heavy atom. The lowest BCUT2D eigenvalue weighted by atomic mass is 10.3. The van der Waals surface area contributed by atoms with E-state index in [2.05, 4.69) is 9.98 Å². The summed E-state index contributed by atoms with van der Waals surface area (Å²) in [6.07, 6.45) is 0. The van der Waals surface area contributed by atoms with E-state index >= 15 is 0 Å². The van der Waals surface area contributed by atoms with E-state index < -0.39 is 0 Å². The molecule has 0 atom stereocenters. The zero-order valence-electron chi connectivity index (χ0n) is 7.61. The van der Waals surface area contributed by atoms with Crippen molar-refractivity contribution in [2.24, 2.45) is 27.2 Å². The second-order valence-corrected chi connectivity index (χ2v) is 3.77. The SMILES string of the molecule is NC(N)=NC(N)=Nc1ccc(F)c(I)c1. The molecule has 6 N–H and O–H groups in total. The molecule has 0 amide bonds. The second-order valence-electron chi connectivity index (χ2n) is 2.61. The molecule has 0 bridgehead atoms. The van der Waals surface area contributed by atoms with Gasteiger partial charge in [0, 0.05) is 0 Å². The summed E-state index contributed by atoms with van der Waals surface area (Å²) in [5, 5.41) is 0. The van der Waals surface area contributed by atoms with Crippen molar-refractivity contribution < 1.29 is 4.39 Å². The van der Waals surface area contributed by atoms with Gasteiger partial charge in [-0.2, -0.15) is 4.99 Å². The average molecular weight is 321 g/mol. The lowest BCUT2D eigenvalue weighted by Crippen LogP contribution is -2.26. The maximum Gasteiger partial charge on any atom is 0.223 e. The van der Waals surface area contributed by atoms with Gasteiger partial charge in [0.05, 0.1) is 9.26 Å². The molecule has 0 aromatic heterocycles. The summed E-state index contributed by atoms with van der Waals surface area (Å²) in [5.74, 6) is -0.555. The highest BCUT2D eigenvalue weighted by molar-refractivity contribution is 14.1. The fourth-order valence-electron chi connectivity index (χ4n) is 0.844. The molecule has 0 heterocycles. The first-order valence-electron chi connectivity index (χ1n) is 3.88. The molecule has 0 unspecified atom stereocenters. The van der Waals surface area contributed by atoms with Crippen molar-refractivity contribution in [2.75, 3.05) is 0 Å². The van der Waals surface area contributed by atoms with Crippen LogP contribution >= 0.6 is 22.6 Å². The Morgan fingerprint density at radius 1 is 1.27 bits per heavy atom. The molecule has 80 valence electrons. The molecule has 0 aliphatic rings. The molecule has 1 aromatic carbocycles. The number of benzene rings is 1. The van der Waals surface area contributed by atoms with Crippen LogP contribution in [0.2, 0.25) is 0 Å². The van der Waals surface area contributed by atoms with Crippen molar-refractivity contribution in [3.8, 4) is 0 Å². The molecule has 5 nitrogen and oxygen atoms in total. The highest BCUT2D eigenvalue weighted by Crippen LogP contribution is 2.18. The molecule has 1 rings (SSSR count). The Hall–Kier alpha value is -1.38. The Morgan fingerprint density at radius 2 is 1.93 bits per heavy atom. The van der Waals surface area contributed by atoms with E-state index in [0.29, 0.717) is 9.26 Å². The minimum atomic E-state index is -0.310. The number of hydrogen-bond donors (Lipinski definition) is 3. The Kier molecular flexibility index (Phi) is 3.83. The third-order valence-corrected chi connectivity index (χ3v) is 2.22. The van der Waals surface area contributed by atoms with Gasteiger partial charge >= 0.3 is 0 Å². The molecule has 0 saturated carbocycles. The number of nitrogens with zero attached hydrogens (tertiary/aromatic N) is 2. The topological polar surface area (TPSA) is 103 Å². The van der Waals surface area contributed by atoms with Crippen LogP contribution in [0.4, 0.5) is 10.1 Å². The zero-order chi connectivity index (χ0) is 11.4. The molecule has 0 aliphatic heterocycles. The number of guanidine groups is 2. The fraction of sp³-hybridized carbons (Fsp3) is 0. The first-order chi connectivity index (χ1) is 6.99. The third kappa shape index (κ3) is 3.70. The van der Waals surface area contributed by atoms with Crippen LogP contribution < -0.4 is 17.2 Å². The van der Waals surface area contributed by atoms with E-state index in [-0.39, 0.29) is 17.7 Å². The van der Waals surface area contributed by atoms with Crippen molar-refractivity contribution in [1.82, 2.24) is 0 Å². The highest BCUT2D eigenvalue weighted by Gasteiger charge is 1.99. The number of hydrogen-bond acceptors (Lipinski definition) is 1. The molecule has 1 aromatic rings. The van der Waals surface area contributed by atoms with Gasteiger partial charge in [-0.3, -0.25) is 0 Å². The van der Waals surface area contributed by atoms with E-state index in [1.54, 1.807) is 0 Å². The highest BCUT2D eigenvalue weighted by atomic mass is 127. The van der Waals surface area contributed by atoms with Gasteiger partial charge in [-0.05, 0) is 40.8 Å². The van der Waals surface area contributed by atoms with Crippen LogP contribution in [-0.4, -0.2) is 11.9 Å². The molecular weight excluding hydrogens is 312 g/mol. The first-order valence-corrected chi connectivity index (χ1v) is 4.96. The standard InChI is InChI=1S/C8H9FIN5/c9-5-2-1-4(3-6(5)10)14-8(13)15-7(11)12/h1-3H,(H6,11,12,13,14,15). The van der Waals surface area contributed by atoms with Gasteiger partial charge in [0.25, 0.3) is 0 Å². The van der Waals surface area contributed by atoms with Crippen LogP contribution in [-0.2, 0) is 0 Å². The summed E-state index contributed by atoms with van der Waals surface area (Å²) < 4.78 is 13.3. The lowest BCUT2D eigenvalue weighted by molar-refractivity contribution is 0.620. The molecule has 0 fully saturated rings. The van der Waals surface area contributed by atoms with Crippen molar-refractivity contribution in [3.63, 3.8) is 0 Å². The van der Waals surface area contributed by atoms with Crippen molar-refractivity contribution in [1.29, 1.82) is 0 Å². The van der Waals surface area contributed by atoms with E-state index in [4.69, 9.17) is 17.2 Å². The van der Waals surface area contributed by atoms with Gasteiger partial charge in [0.1, 0.15) is 5.82 Å². The maximum absolute atomic E-state index is 12.9. The summed E-state index contributed by atoms with van der Waals surface area (Å²) in [7, 11) is 0. The number of aliphatic imine (C=N–C) groups is 2. The smallest absolute Gasteiger partial charge is 0.223 e. The normalized spacial score (nSPS) is 11.2. The molecule has 0 aliphatic carbocycles. The molecular formula is C8H9FIN5. The summed E-state index contributed by atoms with van der Waals surface area (Å²) in [6.45, 7) is 0. The predicted octanol–water partition coefficient (Wildman–Crippen LogP) is 0.650. The average Bonchev–Trinajstić information content (AvgIpc) is 2.10. The molecule has 0 spiro atoms. The molecule has 7 heteroatoms. The van der Waals surface area contributed by atoms with E-state index in [9.17, 15) is 4.39 Å². The van der Waals surface area contributed by atoms with Crippen molar-refractivity contribution in [3.05, 3.63) is 27.6 Å². The fourth-order valence-corrected chi connectivity index (χ4v) is 1.34. The van der Waals surface area contributed by atoms with Crippen molar-refractivity contribution >= 4 is 40.2 Å². The minimum Gasteiger partial charge on any atom is -0.370 e. The van der Waals surface area contributed by atoms with Crippen molar-refractivity contribution in [2.45, 2.75) is 0 Å². The summed E-state index contributed by atoms with van der Waals surface area (Å²) in [4.78, 5) is 7.41. The van der Waals surface area contributed by atoms with Gasteiger partial charge < -0.3 is 17.2 Å². The summed E-state index contributed by atoms with van der Waals surface area (Å²) in [5.41, 5.74) is 16.1. The Balaban J connectivity index is 2.99. The molecule has 0 radical (unpaired) electrons. The second kappa shape index (κ2) is 4.91. The first kappa shape index (κ1) is 11.7. The van der Waals surface area contributed by atoms with Crippen LogP contribution in [0.1, 0.15) is 0 Å². The van der Waals surface area contributed by atoms with Gasteiger partial charge in [0.2, 0.25) is 5.96 Å². The molecule has 0 saturated heterocycles. The largest absolute Gasteiger partial charge is 0.370 e. The van der Waals surface area contributed by atoms with Gasteiger partial charge in [-0.25, -0.2) is 9.38 Å². The lowest BCUT2D eigenvalue weighted by Gasteiger charge is -1.98. The number of rotatable bonds is 1. The quantitative estimate of drug-likeness (QED) is 0.402. The van der Waals surface area contributed by atoms with E-state index in [0.717, 1.165) is 0 Å². The van der Waals surface area contributed by atoms with Crippen LogP contribution in [0.15, 0.2) is 28.2 Å². The van der Waals surface area contributed by atoms with Crippen LogP contribution in [0.3, 0.4) is 0 Å². The summed E-state index contributed by atoms with van der Waals surface area (Å²) >= 11 is 1.85. The number of nitrogens with two attached hydrogens (primary N) is 3. The molecule has 15 heavy (non-hydrogen) atoms. The van der Waals surface area contributed by atoms with Gasteiger partial charge in [-0.1, -0.05) is 0 Å². The third-order valence-electron chi connectivity index (χ3n) is 1.39. The maximum atomic E-state index is 12.9. The van der Waals surface area contributed by atoms with Crippen LogP contribution in [0, 0.1) is 9.39 Å². The Bertz CT molecular complexity index is 425. The monoisotopic (exact) mass is 321 g/mol. The summed E-state index contributed by atoms with van der Waals surface area (Å²) in [6, 6.07) is 4.31. The van der Waals surface area contributed by atoms with Gasteiger partial charge in [0.15, 0.2) is 5.96 Å². The van der Waals surface area contributed by atoms with E-state index in [1.807, 2.05) is 22.6 Å². The zero-order valence-corrected chi connectivity index (χ0v) is 9.77. The van der Waals surface area contributed by atoms with E-state index in [1.165, 1.54) is 18.2 Å². The Labute approximate surface area is 99.4 Å².